The van der Waals surface area contributed by atoms with Crippen molar-refractivity contribution in [1.29, 1.82) is 0 Å². The number of nitrogens with zero attached hydrogens (tertiary/aromatic N) is 1. The zero-order chi connectivity index (χ0) is 12.4. The molecule has 0 radical (unpaired) electrons. The molecule has 1 heterocycles. The van der Waals surface area contributed by atoms with Gasteiger partial charge in [-0.1, -0.05) is 12.1 Å². The number of rotatable bonds is 2. The highest BCUT2D eigenvalue weighted by molar-refractivity contribution is 7.71. The Kier molecular flexibility index (Phi) is 2.92. The van der Waals surface area contributed by atoms with Crippen LogP contribution in [0.15, 0.2) is 29.1 Å². The molecule has 17 heavy (non-hydrogen) atoms. The van der Waals surface area contributed by atoms with Crippen molar-refractivity contribution in [3.8, 4) is 0 Å². The molecule has 0 bridgehead atoms. The number of hydrogen-bond donors (Lipinski definition) is 2. The Morgan fingerprint density at radius 3 is 2.82 bits per heavy atom. The second-order valence-corrected chi connectivity index (χ2v) is 3.60. The first-order valence-electron chi connectivity index (χ1n) is 4.57. The molecule has 0 fully saturated rings. The van der Waals surface area contributed by atoms with Crippen molar-refractivity contribution >= 4 is 18.0 Å². The molecule has 0 aliphatic heterocycles. The predicted molar refractivity (Wildman–Crippen MR) is 59.9 cm³/mol. The minimum absolute atomic E-state index is 0.0193. The number of aromatic nitrogens is 3. The minimum atomic E-state index is -0.706. The maximum atomic E-state index is 12.9. The first kappa shape index (κ1) is 11.3. The highest BCUT2D eigenvalue weighted by Gasteiger charge is 2.15. The average Bonchev–Trinajstić information content (AvgIpc) is 2.28. The van der Waals surface area contributed by atoms with Crippen LogP contribution in [0.1, 0.15) is 16.1 Å². The summed E-state index contributed by atoms with van der Waals surface area (Å²) >= 11 is 4.64. The van der Waals surface area contributed by atoms with E-state index in [0.717, 1.165) is 6.07 Å². The molecule has 0 atom stereocenters. The van der Waals surface area contributed by atoms with Gasteiger partial charge in [0.05, 0.1) is 0 Å². The number of carbonyl (C=O) groups excluding carboxylic acids is 1. The number of aromatic amines is 2. The van der Waals surface area contributed by atoms with E-state index in [2.05, 4.69) is 27.4 Å². The number of hydrogen-bond acceptors (Lipinski definition) is 4. The monoisotopic (exact) mass is 251 g/mol. The summed E-state index contributed by atoms with van der Waals surface area (Å²) in [5.41, 5.74) is -1.01. The topological polar surface area (TPSA) is 78.6 Å². The normalized spacial score (nSPS) is 10.2. The molecule has 2 aromatic rings. The van der Waals surface area contributed by atoms with E-state index in [1.165, 1.54) is 18.2 Å². The molecular formula is C10H6FN3O2S. The van der Waals surface area contributed by atoms with Crippen LogP contribution in [-0.2, 0) is 0 Å². The maximum absolute atomic E-state index is 12.9. The third-order valence-electron chi connectivity index (χ3n) is 2.01. The lowest BCUT2D eigenvalue weighted by Crippen LogP contribution is -2.22. The summed E-state index contributed by atoms with van der Waals surface area (Å²) in [6.45, 7) is 0. The van der Waals surface area contributed by atoms with E-state index in [1.807, 2.05) is 0 Å². The highest BCUT2D eigenvalue weighted by atomic mass is 32.1. The standard InChI is InChI=1S/C10H6FN3O2S/c11-6-3-1-2-5(4-6)8(15)7-9(16)12-10(17)14-13-7/h1-4H,(H2,12,14,16,17). The molecule has 0 spiro atoms. The number of nitrogens with one attached hydrogen (secondary N) is 2. The smallest absolute Gasteiger partial charge is 0.281 e. The molecule has 0 saturated heterocycles. The first-order valence-corrected chi connectivity index (χ1v) is 4.98. The van der Waals surface area contributed by atoms with Crippen LogP contribution in [-0.4, -0.2) is 21.0 Å². The molecule has 0 aliphatic rings. The summed E-state index contributed by atoms with van der Waals surface area (Å²) in [5.74, 6) is -1.23. The zero-order valence-corrected chi connectivity index (χ0v) is 9.18. The van der Waals surface area contributed by atoms with Crippen molar-refractivity contribution in [3.63, 3.8) is 0 Å². The Hall–Kier alpha value is -2.15. The van der Waals surface area contributed by atoms with E-state index in [-0.39, 0.29) is 16.0 Å². The van der Waals surface area contributed by atoms with Gasteiger partial charge in [0.2, 0.25) is 5.78 Å². The molecule has 5 nitrogen and oxygen atoms in total. The summed E-state index contributed by atoms with van der Waals surface area (Å²) in [6.07, 6.45) is 0. The van der Waals surface area contributed by atoms with Crippen molar-refractivity contribution in [2.75, 3.05) is 0 Å². The first-order chi connectivity index (χ1) is 8.08. The Labute approximate surface area is 99.3 Å². The largest absolute Gasteiger partial charge is 0.296 e. The molecule has 1 aromatic carbocycles. The Morgan fingerprint density at radius 1 is 1.41 bits per heavy atom. The van der Waals surface area contributed by atoms with Crippen molar-refractivity contribution < 1.29 is 9.18 Å². The molecule has 2 rings (SSSR count). The number of H-pyrrole nitrogens is 2. The van der Waals surface area contributed by atoms with E-state index in [9.17, 15) is 14.0 Å². The van der Waals surface area contributed by atoms with Gasteiger partial charge in [-0.25, -0.2) is 4.39 Å². The van der Waals surface area contributed by atoms with Gasteiger partial charge in [0.15, 0.2) is 10.5 Å². The fraction of sp³-hybridized carbons (Fsp3) is 0. The van der Waals surface area contributed by atoms with Crippen molar-refractivity contribution in [3.05, 3.63) is 56.5 Å². The molecule has 86 valence electrons. The van der Waals surface area contributed by atoms with E-state index in [1.54, 1.807) is 0 Å². The second kappa shape index (κ2) is 4.38. The van der Waals surface area contributed by atoms with Gasteiger partial charge in [-0.2, -0.15) is 5.10 Å². The van der Waals surface area contributed by atoms with Crippen LogP contribution in [0.5, 0.6) is 0 Å². The van der Waals surface area contributed by atoms with Gasteiger partial charge in [-0.15, -0.1) is 0 Å². The predicted octanol–water partition coefficient (Wildman–Crippen LogP) is 1.20. The van der Waals surface area contributed by atoms with Gasteiger partial charge in [0.25, 0.3) is 5.56 Å². The summed E-state index contributed by atoms with van der Waals surface area (Å²) in [7, 11) is 0. The van der Waals surface area contributed by atoms with E-state index in [4.69, 9.17) is 0 Å². The summed E-state index contributed by atoms with van der Waals surface area (Å²) in [4.78, 5) is 25.5. The lowest BCUT2D eigenvalue weighted by Gasteiger charge is -1.98. The number of ketones is 1. The number of carbonyl (C=O) groups is 1. The molecule has 7 heteroatoms. The number of halogens is 1. The van der Waals surface area contributed by atoms with Gasteiger partial charge in [0, 0.05) is 5.56 Å². The Balaban J connectivity index is 2.51. The number of benzene rings is 1. The molecule has 0 amide bonds. The SMILES string of the molecule is O=C(c1cccc(F)c1)c1n[nH]c(=S)[nH]c1=O. The van der Waals surface area contributed by atoms with Crippen LogP contribution >= 0.6 is 12.2 Å². The van der Waals surface area contributed by atoms with Crippen LogP contribution in [0.2, 0.25) is 0 Å². The highest BCUT2D eigenvalue weighted by Crippen LogP contribution is 2.06. The third kappa shape index (κ3) is 2.34. The van der Waals surface area contributed by atoms with Crippen LogP contribution in [0.3, 0.4) is 0 Å². The summed E-state index contributed by atoms with van der Waals surface area (Å²) < 4.78 is 12.9. The quantitative estimate of drug-likeness (QED) is 0.621. The molecule has 2 N–H and O–H groups in total. The van der Waals surface area contributed by atoms with Gasteiger partial charge in [-0.3, -0.25) is 19.7 Å². The molecule has 0 aliphatic carbocycles. The molecule has 0 unspecified atom stereocenters. The Bertz CT molecular complexity index is 692. The van der Waals surface area contributed by atoms with Gasteiger partial charge in [0.1, 0.15) is 5.82 Å². The van der Waals surface area contributed by atoms with Crippen LogP contribution in [0.25, 0.3) is 0 Å². The average molecular weight is 251 g/mol. The van der Waals surface area contributed by atoms with Gasteiger partial charge >= 0.3 is 0 Å². The molecule has 0 saturated carbocycles. The van der Waals surface area contributed by atoms with Crippen molar-refractivity contribution in [2.24, 2.45) is 0 Å². The second-order valence-electron chi connectivity index (χ2n) is 3.19. The zero-order valence-electron chi connectivity index (χ0n) is 8.36. The van der Waals surface area contributed by atoms with Crippen LogP contribution < -0.4 is 5.56 Å². The van der Waals surface area contributed by atoms with Crippen LogP contribution in [0, 0.1) is 10.6 Å². The van der Waals surface area contributed by atoms with E-state index < -0.39 is 17.2 Å². The Morgan fingerprint density at radius 2 is 2.18 bits per heavy atom. The van der Waals surface area contributed by atoms with Gasteiger partial charge < -0.3 is 0 Å². The van der Waals surface area contributed by atoms with E-state index >= 15 is 0 Å². The fourth-order valence-electron chi connectivity index (χ4n) is 1.27. The minimum Gasteiger partial charge on any atom is -0.296 e. The van der Waals surface area contributed by atoms with Crippen LogP contribution in [0.4, 0.5) is 4.39 Å². The lowest BCUT2D eigenvalue weighted by atomic mass is 10.1. The maximum Gasteiger partial charge on any atom is 0.281 e. The van der Waals surface area contributed by atoms with Crippen molar-refractivity contribution in [1.82, 2.24) is 15.2 Å². The summed E-state index contributed by atoms with van der Waals surface area (Å²) in [5, 5.41) is 5.84. The van der Waals surface area contributed by atoms with E-state index in [0.29, 0.717) is 0 Å². The summed E-state index contributed by atoms with van der Waals surface area (Å²) in [6, 6.07) is 5.01. The molecular weight excluding hydrogens is 245 g/mol. The van der Waals surface area contributed by atoms with Gasteiger partial charge in [-0.05, 0) is 24.4 Å². The van der Waals surface area contributed by atoms with Crippen molar-refractivity contribution in [2.45, 2.75) is 0 Å². The molecule has 1 aromatic heterocycles. The fourth-order valence-corrected chi connectivity index (χ4v) is 1.41. The lowest BCUT2D eigenvalue weighted by molar-refractivity contribution is 0.103. The third-order valence-corrected chi connectivity index (χ3v) is 2.21.